The Balaban J connectivity index is 1.70. The van der Waals surface area contributed by atoms with Crippen molar-refractivity contribution in [2.75, 3.05) is 20.1 Å². The standard InChI is InChI=1S/C16H24FN/c1-18(13-15-5-3-2-4-6-15)12-11-14-7-9-16(17)10-8-14/h7-10,15H,2-6,11-13H2,1H3. The van der Waals surface area contributed by atoms with Gasteiger partial charge in [-0.2, -0.15) is 0 Å². The highest BCUT2D eigenvalue weighted by Crippen LogP contribution is 2.24. The van der Waals surface area contributed by atoms with Crippen molar-refractivity contribution in [3.63, 3.8) is 0 Å². The molecule has 1 aliphatic rings. The first-order valence-electron chi connectivity index (χ1n) is 7.17. The highest BCUT2D eigenvalue weighted by Gasteiger charge is 2.14. The molecule has 0 heterocycles. The van der Waals surface area contributed by atoms with E-state index in [2.05, 4.69) is 11.9 Å². The molecule has 0 N–H and O–H groups in total. The van der Waals surface area contributed by atoms with Gasteiger partial charge < -0.3 is 4.90 Å². The van der Waals surface area contributed by atoms with Crippen molar-refractivity contribution in [1.29, 1.82) is 0 Å². The molecule has 0 saturated heterocycles. The van der Waals surface area contributed by atoms with Crippen LogP contribution >= 0.6 is 0 Å². The van der Waals surface area contributed by atoms with Crippen molar-refractivity contribution in [3.8, 4) is 0 Å². The van der Waals surface area contributed by atoms with Crippen LogP contribution in [0.2, 0.25) is 0 Å². The van der Waals surface area contributed by atoms with Crippen LogP contribution in [-0.4, -0.2) is 25.0 Å². The van der Waals surface area contributed by atoms with Crippen LogP contribution in [0.4, 0.5) is 4.39 Å². The molecule has 0 aliphatic heterocycles. The molecule has 0 unspecified atom stereocenters. The van der Waals surface area contributed by atoms with Crippen LogP contribution in [-0.2, 0) is 6.42 Å². The van der Waals surface area contributed by atoms with E-state index in [1.807, 2.05) is 12.1 Å². The molecule has 2 rings (SSSR count). The van der Waals surface area contributed by atoms with E-state index in [4.69, 9.17) is 0 Å². The minimum absolute atomic E-state index is 0.144. The second kappa shape index (κ2) is 6.89. The molecule has 1 aromatic rings. The molecular weight excluding hydrogens is 225 g/mol. The van der Waals surface area contributed by atoms with E-state index in [9.17, 15) is 4.39 Å². The Kier molecular flexibility index (Phi) is 5.18. The maximum Gasteiger partial charge on any atom is 0.123 e. The number of likely N-dealkylation sites (N-methyl/N-ethyl adjacent to an activating group) is 1. The molecule has 0 amide bonds. The van der Waals surface area contributed by atoms with Gasteiger partial charge in [-0.1, -0.05) is 31.4 Å². The molecule has 1 aliphatic carbocycles. The van der Waals surface area contributed by atoms with Crippen molar-refractivity contribution in [2.24, 2.45) is 5.92 Å². The Morgan fingerprint density at radius 1 is 1.11 bits per heavy atom. The Bertz CT molecular complexity index is 341. The fourth-order valence-electron chi connectivity index (χ4n) is 2.87. The van der Waals surface area contributed by atoms with Crippen LogP contribution < -0.4 is 0 Å². The summed E-state index contributed by atoms with van der Waals surface area (Å²) in [5.41, 5.74) is 1.23. The highest BCUT2D eigenvalue weighted by molar-refractivity contribution is 5.16. The molecule has 1 saturated carbocycles. The molecule has 0 spiro atoms. The van der Waals surface area contributed by atoms with Crippen LogP contribution in [0.1, 0.15) is 37.7 Å². The Hall–Kier alpha value is -0.890. The van der Waals surface area contributed by atoms with Crippen molar-refractivity contribution in [1.82, 2.24) is 4.90 Å². The van der Waals surface area contributed by atoms with Crippen molar-refractivity contribution in [2.45, 2.75) is 38.5 Å². The summed E-state index contributed by atoms with van der Waals surface area (Å²) in [5.74, 6) is 0.756. The van der Waals surface area contributed by atoms with Gasteiger partial charge in [0, 0.05) is 13.1 Å². The molecule has 1 fully saturated rings. The van der Waals surface area contributed by atoms with Gasteiger partial charge in [-0.15, -0.1) is 0 Å². The Morgan fingerprint density at radius 3 is 2.44 bits per heavy atom. The second-order valence-electron chi connectivity index (χ2n) is 5.64. The van der Waals surface area contributed by atoms with E-state index in [1.165, 1.54) is 44.2 Å². The van der Waals surface area contributed by atoms with Crippen LogP contribution in [0.5, 0.6) is 0 Å². The molecule has 0 bridgehead atoms. The maximum absolute atomic E-state index is 12.8. The smallest absolute Gasteiger partial charge is 0.123 e. The normalized spacial score (nSPS) is 17.3. The molecule has 100 valence electrons. The summed E-state index contributed by atoms with van der Waals surface area (Å²) in [7, 11) is 2.21. The zero-order valence-corrected chi connectivity index (χ0v) is 11.4. The van der Waals surface area contributed by atoms with Gasteiger partial charge in [0.05, 0.1) is 0 Å². The fourth-order valence-corrected chi connectivity index (χ4v) is 2.87. The highest BCUT2D eigenvalue weighted by atomic mass is 19.1. The number of halogens is 1. The molecule has 0 atom stereocenters. The largest absolute Gasteiger partial charge is 0.306 e. The zero-order valence-electron chi connectivity index (χ0n) is 11.4. The number of rotatable bonds is 5. The lowest BCUT2D eigenvalue weighted by atomic mass is 9.89. The van der Waals surface area contributed by atoms with Gasteiger partial charge in [0.25, 0.3) is 0 Å². The minimum Gasteiger partial charge on any atom is -0.306 e. The first-order valence-corrected chi connectivity index (χ1v) is 7.17. The lowest BCUT2D eigenvalue weighted by Crippen LogP contribution is -2.28. The molecule has 2 heteroatoms. The van der Waals surface area contributed by atoms with Gasteiger partial charge in [-0.3, -0.25) is 0 Å². The second-order valence-corrected chi connectivity index (χ2v) is 5.64. The topological polar surface area (TPSA) is 3.24 Å². The molecular formula is C16H24FN. The third-order valence-corrected chi connectivity index (χ3v) is 3.99. The van der Waals surface area contributed by atoms with Crippen LogP contribution in [0.15, 0.2) is 24.3 Å². The summed E-state index contributed by atoms with van der Waals surface area (Å²) in [6.07, 6.45) is 8.08. The van der Waals surface area contributed by atoms with Crippen molar-refractivity contribution >= 4 is 0 Å². The summed E-state index contributed by atoms with van der Waals surface area (Å²) < 4.78 is 12.8. The van der Waals surface area contributed by atoms with E-state index in [1.54, 1.807) is 12.1 Å². The van der Waals surface area contributed by atoms with Gasteiger partial charge in [0.1, 0.15) is 5.82 Å². The quantitative estimate of drug-likeness (QED) is 0.765. The first-order chi connectivity index (χ1) is 8.74. The minimum atomic E-state index is -0.144. The van der Waals surface area contributed by atoms with Gasteiger partial charge >= 0.3 is 0 Å². The Labute approximate surface area is 110 Å². The third-order valence-electron chi connectivity index (χ3n) is 3.99. The van der Waals surface area contributed by atoms with Crippen LogP contribution in [0.3, 0.4) is 0 Å². The molecule has 0 radical (unpaired) electrons. The Morgan fingerprint density at radius 2 is 1.78 bits per heavy atom. The number of hydrogen-bond acceptors (Lipinski definition) is 1. The van der Waals surface area contributed by atoms with Gasteiger partial charge in [-0.25, -0.2) is 4.39 Å². The first kappa shape index (κ1) is 13.5. The van der Waals surface area contributed by atoms with Crippen molar-refractivity contribution < 1.29 is 4.39 Å². The van der Waals surface area contributed by atoms with Gasteiger partial charge in [-0.05, 0) is 49.9 Å². The summed E-state index contributed by atoms with van der Waals surface area (Å²) in [4.78, 5) is 2.43. The molecule has 1 aromatic carbocycles. The van der Waals surface area contributed by atoms with Crippen LogP contribution in [0.25, 0.3) is 0 Å². The summed E-state index contributed by atoms with van der Waals surface area (Å²) in [6, 6.07) is 6.89. The summed E-state index contributed by atoms with van der Waals surface area (Å²) in [5, 5.41) is 0. The maximum atomic E-state index is 12.8. The lowest BCUT2D eigenvalue weighted by Gasteiger charge is -2.27. The number of nitrogens with zero attached hydrogens (tertiary/aromatic N) is 1. The number of hydrogen-bond donors (Lipinski definition) is 0. The predicted molar refractivity (Wildman–Crippen MR) is 74.2 cm³/mol. The van der Waals surface area contributed by atoms with E-state index in [-0.39, 0.29) is 5.82 Å². The fraction of sp³-hybridized carbons (Fsp3) is 0.625. The average molecular weight is 249 g/mol. The SMILES string of the molecule is CN(CCc1ccc(F)cc1)CC1CCCCC1. The predicted octanol–water partition coefficient (Wildman–Crippen LogP) is 3.88. The summed E-state index contributed by atoms with van der Waals surface area (Å²) >= 11 is 0. The third kappa shape index (κ3) is 4.41. The molecule has 18 heavy (non-hydrogen) atoms. The van der Waals surface area contributed by atoms with Gasteiger partial charge in [0.15, 0.2) is 0 Å². The summed E-state index contributed by atoms with van der Waals surface area (Å²) in [6.45, 7) is 2.29. The van der Waals surface area contributed by atoms with E-state index in [0.717, 1.165) is 18.9 Å². The van der Waals surface area contributed by atoms with E-state index >= 15 is 0 Å². The van der Waals surface area contributed by atoms with Crippen LogP contribution in [0, 0.1) is 11.7 Å². The lowest BCUT2D eigenvalue weighted by molar-refractivity contribution is 0.235. The molecule has 0 aromatic heterocycles. The zero-order chi connectivity index (χ0) is 12.8. The van der Waals surface area contributed by atoms with Crippen molar-refractivity contribution in [3.05, 3.63) is 35.6 Å². The van der Waals surface area contributed by atoms with E-state index in [0.29, 0.717) is 0 Å². The van der Waals surface area contributed by atoms with E-state index < -0.39 is 0 Å². The average Bonchev–Trinajstić information content (AvgIpc) is 2.39. The van der Waals surface area contributed by atoms with Gasteiger partial charge in [0.2, 0.25) is 0 Å². The molecule has 1 nitrogen and oxygen atoms in total. The number of benzene rings is 1. The monoisotopic (exact) mass is 249 g/mol.